The third-order valence-corrected chi connectivity index (χ3v) is 5.92. The Morgan fingerprint density at radius 3 is 2.52 bits per heavy atom. The van der Waals surface area contributed by atoms with Crippen molar-refractivity contribution in [3.63, 3.8) is 0 Å². The van der Waals surface area contributed by atoms with Gasteiger partial charge in [-0.1, -0.05) is 28.1 Å². The monoisotopic (exact) mass is 457 g/mol. The summed E-state index contributed by atoms with van der Waals surface area (Å²) < 4.78 is 8.16. The van der Waals surface area contributed by atoms with Crippen LogP contribution in [0.1, 0.15) is 21.7 Å². The fraction of sp³-hybridized carbons (Fsp3) is 0.381. The zero-order chi connectivity index (χ0) is 20.5. The largest absolute Gasteiger partial charge is 0.378 e. The van der Waals surface area contributed by atoms with Gasteiger partial charge in [-0.15, -0.1) is 0 Å². The Balaban J connectivity index is 1.78. The number of rotatable bonds is 4. The molecule has 7 nitrogen and oxygen atoms in total. The number of carbonyl (C=O) groups is 1. The fourth-order valence-electron chi connectivity index (χ4n) is 3.68. The molecule has 1 amide bonds. The summed E-state index contributed by atoms with van der Waals surface area (Å²) in [6.45, 7) is 5.51. The van der Waals surface area contributed by atoms with Crippen molar-refractivity contribution in [1.82, 2.24) is 24.4 Å². The van der Waals surface area contributed by atoms with Crippen LogP contribution in [0, 0.1) is 6.92 Å². The van der Waals surface area contributed by atoms with E-state index in [0.29, 0.717) is 12.2 Å². The van der Waals surface area contributed by atoms with E-state index in [2.05, 4.69) is 32.9 Å². The average molecular weight is 458 g/mol. The third kappa shape index (κ3) is 3.80. The number of carbonyl (C=O) groups excluding carboxylic acids is 1. The maximum absolute atomic E-state index is 13.1. The molecule has 0 saturated carbocycles. The first-order valence-corrected chi connectivity index (χ1v) is 10.4. The lowest BCUT2D eigenvalue weighted by atomic mass is 10.1. The quantitative estimate of drug-likeness (QED) is 0.602. The van der Waals surface area contributed by atoms with E-state index in [4.69, 9.17) is 9.84 Å². The Bertz CT molecular complexity index is 1040. The van der Waals surface area contributed by atoms with Crippen molar-refractivity contribution >= 4 is 27.5 Å². The molecule has 1 aliphatic heterocycles. The summed E-state index contributed by atoms with van der Waals surface area (Å²) >= 11 is 3.48. The van der Waals surface area contributed by atoms with E-state index >= 15 is 0 Å². The number of hydrogen-bond acceptors (Lipinski definition) is 5. The average Bonchev–Trinajstić information content (AvgIpc) is 3.08. The van der Waals surface area contributed by atoms with Gasteiger partial charge < -0.3 is 14.5 Å². The summed E-state index contributed by atoms with van der Waals surface area (Å²) in [7, 11) is 3.73. The molecule has 152 valence electrons. The van der Waals surface area contributed by atoms with Gasteiger partial charge in [0.2, 0.25) is 0 Å². The molecule has 0 spiro atoms. The number of fused-ring (bicyclic) bond motifs is 1. The maximum atomic E-state index is 13.1. The van der Waals surface area contributed by atoms with Crippen molar-refractivity contribution in [3.8, 4) is 11.1 Å². The number of ether oxygens (including phenoxy) is 1. The number of piperazine rings is 1. The summed E-state index contributed by atoms with van der Waals surface area (Å²) in [5.41, 5.74) is 4.86. The zero-order valence-electron chi connectivity index (χ0n) is 16.9. The first kappa shape index (κ1) is 20.0. The third-order valence-electron chi connectivity index (χ3n) is 5.39. The number of likely N-dealkylation sites (N-methyl/N-ethyl adjacent to an activating group) is 1. The van der Waals surface area contributed by atoms with Gasteiger partial charge in [-0.25, -0.2) is 9.50 Å². The highest BCUT2D eigenvalue weighted by molar-refractivity contribution is 9.10. The molecule has 1 saturated heterocycles. The number of halogens is 1. The molecule has 1 aromatic carbocycles. The molecule has 0 N–H and O–H groups in total. The second kappa shape index (κ2) is 8.22. The Morgan fingerprint density at radius 2 is 1.86 bits per heavy atom. The Morgan fingerprint density at radius 1 is 1.17 bits per heavy atom. The predicted octanol–water partition coefficient (Wildman–Crippen LogP) is 3.00. The molecule has 3 aromatic rings. The zero-order valence-corrected chi connectivity index (χ0v) is 18.4. The highest BCUT2D eigenvalue weighted by Crippen LogP contribution is 2.30. The van der Waals surface area contributed by atoms with Gasteiger partial charge >= 0.3 is 0 Å². The van der Waals surface area contributed by atoms with Crippen molar-refractivity contribution in [1.29, 1.82) is 0 Å². The van der Waals surface area contributed by atoms with Gasteiger partial charge in [0, 0.05) is 44.0 Å². The van der Waals surface area contributed by atoms with Crippen molar-refractivity contribution in [2.24, 2.45) is 0 Å². The van der Waals surface area contributed by atoms with Gasteiger partial charge in [-0.3, -0.25) is 4.79 Å². The highest BCUT2D eigenvalue weighted by Gasteiger charge is 2.25. The molecule has 1 aliphatic rings. The normalized spacial score (nSPS) is 15.2. The van der Waals surface area contributed by atoms with Gasteiger partial charge in [-0.2, -0.15) is 5.10 Å². The van der Waals surface area contributed by atoms with Gasteiger partial charge in [0.05, 0.1) is 29.1 Å². The fourth-order valence-corrected chi connectivity index (χ4v) is 3.94. The van der Waals surface area contributed by atoms with E-state index in [1.807, 2.05) is 36.1 Å². The van der Waals surface area contributed by atoms with E-state index in [1.54, 1.807) is 17.8 Å². The molecule has 3 heterocycles. The molecule has 0 atom stereocenters. The molecule has 4 rings (SSSR count). The summed E-state index contributed by atoms with van der Waals surface area (Å²) in [4.78, 5) is 21.9. The van der Waals surface area contributed by atoms with Crippen LogP contribution in [-0.2, 0) is 11.3 Å². The van der Waals surface area contributed by atoms with Crippen LogP contribution in [0.25, 0.3) is 16.8 Å². The first-order valence-electron chi connectivity index (χ1n) is 9.59. The first-order chi connectivity index (χ1) is 14.0. The van der Waals surface area contributed by atoms with Crippen LogP contribution in [0.15, 0.2) is 34.9 Å². The number of aryl methyl sites for hydroxylation is 1. The molecular formula is C21H24BrN5O2. The highest BCUT2D eigenvalue weighted by atomic mass is 79.9. The van der Waals surface area contributed by atoms with E-state index in [1.165, 1.54) is 0 Å². The smallest absolute Gasteiger partial charge is 0.257 e. The molecule has 0 bridgehead atoms. The minimum absolute atomic E-state index is 0.0129. The number of nitrogens with zero attached hydrogens (tertiary/aromatic N) is 5. The number of methoxy groups -OCH3 is 1. The molecule has 8 heteroatoms. The summed E-state index contributed by atoms with van der Waals surface area (Å²) in [6.07, 6.45) is 1.69. The molecule has 0 unspecified atom stereocenters. The Hall–Kier alpha value is -2.29. The molecule has 1 fully saturated rings. The van der Waals surface area contributed by atoms with Crippen LogP contribution in [0.2, 0.25) is 0 Å². The molecule has 2 aromatic heterocycles. The van der Waals surface area contributed by atoms with Crippen LogP contribution in [0.4, 0.5) is 0 Å². The molecular weight excluding hydrogens is 434 g/mol. The number of hydrogen-bond donors (Lipinski definition) is 0. The molecule has 29 heavy (non-hydrogen) atoms. The van der Waals surface area contributed by atoms with Crippen LogP contribution >= 0.6 is 15.9 Å². The van der Waals surface area contributed by atoms with Crippen molar-refractivity contribution in [2.45, 2.75) is 13.5 Å². The second-order valence-electron chi connectivity index (χ2n) is 7.35. The van der Waals surface area contributed by atoms with Crippen LogP contribution in [0.5, 0.6) is 0 Å². The number of benzene rings is 1. The lowest BCUT2D eigenvalue weighted by molar-refractivity contribution is 0.0662. The van der Waals surface area contributed by atoms with E-state index in [-0.39, 0.29) is 5.91 Å². The SMILES string of the molecule is COCc1nn2c(C)c(C(=O)N3CCN(C)CC3)cnc2c1-c1ccc(Br)cc1. The van der Waals surface area contributed by atoms with E-state index in [0.717, 1.165) is 58.8 Å². The van der Waals surface area contributed by atoms with Gasteiger partial charge in [0.1, 0.15) is 0 Å². The molecule has 0 radical (unpaired) electrons. The summed E-state index contributed by atoms with van der Waals surface area (Å²) in [5, 5.41) is 4.74. The Labute approximate surface area is 178 Å². The Kier molecular flexibility index (Phi) is 5.67. The van der Waals surface area contributed by atoms with E-state index in [9.17, 15) is 4.79 Å². The lowest BCUT2D eigenvalue weighted by Crippen LogP contribution is -2.47. The van der Waals surface area contributed by atoms with Gasteiger partial charge in [-0.05, 0) is 31.7 Å². The van der Waals surface area contributed by atoms with Crippen molar-refractivity contribution in [2.75, 3.05) is 40.3 Å². The minimum atomic E-state index is 0.0129. The van der Waals surface area contributed by atoms with Crippen LogP contribution < -0.4 is 0 Å². The second-order valence-corrected chi connectivity index (χ2v) is 8.27. The number of amides is 1. The van der Waals surface area contributed by atoms with Gasteiger partial charge in [0.25, 0.3) is 5.91 Å². The van der Waals surface area contributed by atoms with Gasteiger partial charge in [0.15, 0.2) is 5.65 Å². The lowest BCUT2D eigenvalue weighted by Gasteiger charge is -2.32. The number of aromatic nitrogens is 3. The topological polar surface area (TPSA) is 63.0 Å². The minimum Gasteiger partial charge on any atom is -0.378 e. The van der Waals surface area contributed by atoms with E-state index < -0.39 is 0 Å². The van der Waals surface area contributed by atoms with Crippen molar-refractivity contribution in [3.05, 3.63) is 51.9 Å². The summed E-state index contributed by atoms with van der Waals surface area (Å²) in [6, 6.07) is 8.04. The molecule has 0 aliphatic carbocycles. The van der Waals surface area contributed by atoms with Crippen LogP contribution in [0.3, 0.4) is 0 Å². The standard InChI is InChI=1S/C21H24BrN5O2/c1-14-17(21(28)26-10-8-25(2)9-11-26)12-23-20-19(15-4-6-16(22)7-5-15)18(13-29-3)24-27(14)20/h4-7,12H,8-11,13H2,1-3H3. The van der Waals surface area contributed by atoms with Crippen molar-refractivity contribution < 1.29 is 9.53 Å². The maximum Gasteiger partial charge on any atom is 0.257 e. The summed E-state index contributed by atoms with van der Waals surface area (Å²) in [5.74, 6) is 0.0129. The van der Waals surface area contributed by atoms with Crippen LogP contribution in [-0.4, -0.2) is 70.6 Å². The predicted molar refractivity (Wildman–Crippen MR) is 115 cm³/mol.